The first-order chi connectivity index (χ1) is 22.0. The molecule has 0 atom stereocenters. The largest absolute Gasteiger partial charge is 3.00 e. The van der Waals surface area contributed by atoms with Crippen LogP contribution in [0.3, 0.4) is 0 Å². The number of allylic oxidation sites excluding steroid dienone is 2. The van der Waals surface area contributed by atoms with Crippen LogP contribution in [0.2, 0.25) is 0 Å². The summed E-state index contributed by atoms with van der Waals surface area (Å²) in [5.74, 6) is 0.250. The minimum Gasteiger partial charge on any atom is -3.00 e. The third-order valence-corrected chi connectivity index (χ3v) is 6.91. The van der Waals surface area contributed by atoms with E-state index in [2.05, 4.69) is 101 Å². The van der Waals surface area contributed by atoms with Gasteiger partial charge in [0.25, 0.3) is 0 Å². The second-order valence-corrected chi connectivity index (χ2v) is 10.3. The van der Waals surface area contributed by atoms with Crippen molar-refractivity contribution in [1.82, 2.24) is 9.97 Å². The Morgan fingerprint density at radius 3 is 2.04 bits per heavy atom. The van der Waals surface area contributed by atoms with Crippen LogP contribution in [0, 0.1) is 12.1 Å². The zero-order valence-electron chi connectivity index (χ0n) is 25.6. The molecule has 7 rings (SSSR count). The number of aliphatic hydroxyl groups is 1. The number of aromatic nitrogens is 2. The molecule has 232 valence electrons. The fraction of sp³-hybridized carbons (Fsp3) is 0.0488. The van der Waals surface area contributed by atoms with Crippen molar-refractivity contribution in [1.29, 1.82) is 0 Å². The van der Waals surface area contributed by atoms with E-state index < -0.39 is 0 Å². The molecule has 0 unspecified atom stereocenters. The molecule has 2 N–H and O–H groups in total. The summed E-state index contributed by atoms with van der Waals surface area (Å²) < 4.78 is 0. The molecular formula is C41H33IrN2O2-4. The molecule has 4 nitrogen and oxygen atoms in total. The molecule has 0 spiro atoms. The van der Waals surface area contributed by atoms with Crippen molar-refractivity contribution in [3.63, 3.8) is 0 Å². The predicted molar refractivity (Wildman–Crippen MR) is 186 cm³/mol. The number of pyridine rings is 2. The van der Waals surface area contributed by atoms with Gasteiger partial charge in [-0.1, -0.05) is 90.0 Å². The number of hydrogen-bond donors (Lipinski definition) is 1. The molecular weight excluding hydrogens is 745 g/mol. The van der Waals surface area contributed by atoms with Crippen molar-refractivity contribution >= 4 is 27.3 Å². The molecule has 0 bridgehead atoms. The molecule has 5 heteroatoms. The van der Waals surface area contributed by atoms with Crippen molar-refractivity contribution in [2.75, 3.05) is 0 Å². The smallest absolute Gasteiger partial charge is 0.316 e. The number of fused-ring (bicyclic) bond motifs is 3. The summed E-state index contributed by atoms with van der Waals surface area (Å²) in [6.45, 7) is 3.00. The third-order valence-electron chi connectivity index (χ3n) is 6.91. The Morgan fingerprint density at radius 2 is 1.39 bits per heavy atom. The SMILES string of the molecule is CC(=[OH+])C=C(C)O.[Ir-3].[c-]1cc(-c2ccccc2)ccc1-c1nccc2c1ccc1ccccc12.[c-]1ccccc1-c1ccccn1. The maximum absolute atomic E-state index is 8.40. The summed E-state index contributed by atoms with van der Waals surface area (Å²) in [5.41, 5.74) is 6.38. The zero-order valence-corrected chi connectivity index (χ0v) is 28.0. The molecule has 0 aliphatic carbocycles. The Labute approximate surface area is 283 Å². The molecule has 2 aromatic heterocycles. The summed E-state index contributed by atoms with van der Waals surface area (Å²) in [6.07, 6.45) is 4.96. The molecule has 0 aliphatic rings. The van der Waals surface area contributed by atoms with E-state index in [1.165, 1.54) is 47.2 Å². The van der Waals surface area contributed by atoms with E-state index in [1.54, 1.807) is 6.20 Å². The first kappa shape index (κ1) is 33.7. The summed E-state index contributed by atoms with van der Waals surface area (Å²) in [6, 6.07) is 51.8. The average Bonchev–Trinajstić information content (AvgIpc) is 3.09. The summed E-state index contributed by atoms with van der Waals surface area (Å²) in [4.78, 5) is 17.3. The Hall–Kier alpha value is -5.22. The van der Waals surface area contributed by atoms with E-state index in [1.807, 2.05) is 60.8 Å². The van der Waals surface area contributed by atoms with Crippen LogP contribution in [-0.4, -0.2) is 25.7 Å². The van der Waals surface area contributed by atoms with Crippen molar-refractivity contribution in [3.05, 3.63) is 170 Å². The predicted octanol–water partition coefficient (Wildman–Crippen LogP) is 10.1. The summed E-state index contributed by atoms with van der Waals surface area (Å²) in [5, 5.41) is 13.3. The first-order valence-electron chi connectivity index (χ1n) is 14.6. The standard InChI is InChI=1S/C25H16N.C11H8N.C5H8O2.Ir/c1-2-6-18(7-3-1)19-10-12-21(13-11-19)25-24-15-14-20-8-4-5-9-22(20)23(24)16-17-26-25;1-2-6-10(7-3-1)11-8-4-5-9-12-11;1-4(6)3-5(2)7;/h1-12,14-17H;1-6,8-9H;3,6H,1-2H3;/q2*-1;;-3/p+1. The van der Waals surface area contributed by atoms with Crippen LogP contribution in [0.25, 0.3) is 55.2 Å². The van der Waals surface area contributed by atoms with Gasteiger partial charge in [0, 0.05) is 12.4 Å². The van der Waals surface area contributed by atoms with Crippen molar-refractivity contribution in [2.24, 2.45) is 0 Å². The Balaban J connectivity index is 0.000000200. The first-order valence-corrected chi connectivity index (χ1v) is 14.6. The minimum atomic E-state index is 0. The maximum Gasteiger partial charge on any atom is 0.316 e. The monoisotopic (exact) mass is 778 g/mol. The molecule has 0 fully saturated rings. The Morgan fingerprint density at radius 1 is 0.630 bits per heavy atom. The quantitative estimate of drug-likeness (QED) is 0.0637. The number of hydrogen-bond acceptors (Lipinski definition) is 3. The number of ketones is 1. The van der Waals surface area contributed by atoms with Gasteiger partial charge in [-0.3, -0.25) is 4.79 Å². The van der Waals surface area contributed by atoms with Crippen LogP contribution in [0.5, 0.6) is 0 Å². The normalized spacial score (nSPS) is 10.5. The van der Waals surface area contributed by atoms with Crippen LogP contribution in [0.1, 0.15) is 13.8 Å². The van der Waals surface area contributed by atoms with Gasteiger partial charge in [0.1, 0.15) is 0 Å². The zero-order chi connectivity index (χ0) is 31.4. The fourth-order valence-electron chi connectivity index (χ4n) is 4.91. The van der Waals surface area contributed by atoms with Crippen molar-refractivity contribution in [3.8, 4) is 33.6 Å². The maximum atomic E-state index is 8.40. The van der Waals surface area contributed by atoms with Crippen molar-refractivity contribution in [2.45, 2.75) is 13.8 Å². The molecule has 5 aromatic carbocycles. The molecule has 0 aliphatic heterocycles. The number of nitrogens with zero attached hydrogens (tertiary/aromatic N) is 2. The van der Waals surface area contributed by atoms with E-state index in [0.717, 1.165) is 27.9 Å². The van der Waals surface area contributed by atoms with Gasteiger partial charge in [-0.15, -0.1) is 65.7 Å². The van der Waals surface area contributed by atoms with E-state index >= 15 is 0 Å². The topological polar surface area (TPSA) is 67.4 Å². The van der Waals surface area contributed by atoms with Crippen LogP contribution < -0.4 is 0 Å². The third kappa shape index (κ3) is 8.92. The second-order valence-electron chi connectivity index (χ2n) is 10.3. The number of aliphatic hydroxyl groups excluding tert-OH is 1. The molecule has 0 saturated heterocycles. The van der Waals surface area contributed by atoms with Crippen LogP contribution in [0.15, 0.2) is 158 Å². The molecule has 0 radical (unpaired) electrons. The molecule has 46 heavy (non-hydrogen) atoms. The van der Waals surface area contributed by atoms with Gasteiger partial charge in [-0.2, -0.15) is 0 Å². The molecule has 0 amide bonds. The van der Waals surface area contributed by atoms with E-state index in [-0.39, 0.29) is 31.6 Å². The van der Waals surface area contributed by atoms with Gasteiger partial charge in [-0.05, 0) is 52.0 Å². The minimum absolute atomic E-state index is 0. The molecule has 2 heterocycles. The van der Waals surface area contributed by atoms with Gasteiger partial charge < -0.3 is 35.2 Å². The number of carbonyl (C=O) groups excluding carboxylic acids is 1. The molecule has 7 aromatic rings. The fourth-order valence-corrected chi connectivity index (χ4v) is 4.91. The Bertz CT molecular complexity index is 1990. The van der Waals surface area contributed by atoms with Gasteiger partial charge in [-0.25, -0.2) is 0 Å². The van der Waals surface area contributed by atoms with Gasteiger partial charge in [0.05, 0.1) is 18.8 Å². The van der Waals surface area contributed by atoms with Gasteiger partial charge >= 0.3 is 5.78 Å². The average molecular weight is 778 g/mol. The summed E-state index contributed by atoms with van der Waals surface area (Å²) in [7, 11) is 0. The number of benzene rings is 5. The number of rotatable bonds is 4. The van der Waals surface area contributed by atoms with Crippen LogP contribution >= 0.6 is 0 Å². The van der Waals surface area contributed by atoms with Crippen molar-refractivity contribution < 1.29 is 30.0 Å². The van der Waals surface area contributed by atoms with E-state index in [0.29, 0.717) is 0 Å². The van der Waals surface area contributed by atoms with E-state index in [9.17, 15) is 0 Å². The van der Waals surface area contributed by atoms with Crippen LogP contribution in [-0.2, 0) is 20.1 Å². The molecule has 0 saturated carbocycles. The van der Waals surface area contributed by atoms with Crippen LogP contribution in [0.4, 0.5) is 0 Å². The summed E-state index contributed by atoms with van der Waals surface area (Å²) >= 11 is 0. The second kappa shape index (κ2) is 16.7. The van der Waals surface area contributed by atoms with E-state index in [4.69, 9.17) is 9.90 Å². The Kier molecular flexibility index (Phi) is 12.3. The van der Waals surface area contributed by atoms with Gasteiger partial charge in [0.15, 0.2) is 0 Å². The van der Waals surface area contributed by atoms with Gasteiger partial charge in [0.2, 0.25) is 0 Å².